The molecule has 5 heteroatoms. The second-order valence-electron chi connectivity index (χ2n) is 4.03. The van der Waals surface area contributed by atoms with Crippen LogP contribution in [-0.4, -0.2) is 28.1 Å². The largest absolute Gasteiger partial charge is 0.388 e. The Kier molecular flexibility index (Phi) is 4.45. The summed E-state index contributed by atoms with van der Waals surface area (Å²) in [5.41, 5.74) is -1.28. The van der Waals surface area contributed by atoms with Gasteiger partial charge in [0.05, 0.1) is 5.60 Å². The molecule has 0 fully saturated rings. The molecule has 1 aromatic rings. The molecule has 0 bridgehead atoms. The van der Waals surface area contributed by atoms with Gasteiger partial charge in [-0.3, -0.25) is 9.59 Å². The molecule has 0 atom stereocenters. The maximum absolute atomic E-state index is 11.7. The Bertz CT molecular complexity index is 435. The molecule has 0 unspecified atom stereocenters. The van der Waals surface area contributed by atoms with Crippen LogP contribution >= 0.6 is 0 Å². The van der Waals surface area contributed by atoms with Gasteiger partial charge in [0.15, 0.2) is 0 Å². The number of pyridine rings is 1. The molecule has 3 N–H and O–H groups in total. The third kappa shape index (κ3) is 3.42. The maximum atomic E-state index is 11.7. The summed E-state index contributed by atoms with van der Waals surface area (Å²) in [6.45, 7) is 3.85. The molecule has 94 valence electrons. The molecule has 0 spiro atoms. The summed E-state index contributed by atoms with van der Waals surface area (Å²) in [6, 6.07) is 3.03. The molecule has 0 aliphatic carbocycles. The zero-order valence-corrected chi connectivity index (χ0v) is 10.1. The van der Waals surface area contributed by atoms with Gasteiger partial charge in [0.2, 0.25) is 0 Å². The van der Waals surface area contributed by atoms with Crippen molar-refractivity contribution in [3.8, 4) is 0 Å². The van der Waals surface area contributed by atoms with Crippen LogP contribution < -0.4 is 10.9 Å². The second kappa shape index (κ2) is 5.63. The minimum Gasteiger partial charge on any atom is -0.388 e. The first-order chi connectivity index (χ1) is 8.02. The average Bonchev–Trinajstić information content (AvgIpc) is 2.36. The van der Waals surface area contributed by atoms with Crippen molar-refractivity contribution in [3.05, 3.63) is 34.2 Å². The van der Waals surface area contributed by atoms with Gasteiger partial charge in [-0.2, -0.15) is 0 Å². The molecule has 0 aliphatic rings. The number of aromatic nitrogens is 1. The van der Waals surface area contributed by atoms with Crippen LogP contribution in [0.5, 0.6) is 0 Å². The third-order valence-corrected chi connectivity index (χ3v) is 2.96. The molecule has 1 rings (SSSR count). The first kappa shape index (κ1) is 13.4. The van der Waals surface area contributed by atoms with E-state index < -0.39 is 17.1 Å². The Labute approximate surface area is 99.9 Å². The van der Waals surface area contributed by atoms with Crippen molar-refractivity contribution >= 4 is 5.91 Å². The molecule has 1 amide bonds. The van der Waals surface area contributed by atoms with E-state index in [4.69, 9.17) is 0 Å². The number of carbonyl (C=O) groups is 1. The summed E-state index contributed by atoms with van der Waals surface area (Å²) < 4.78 is 0. The summed E-state index contributed by atoms with van der Waals surface area (Å²) in [5.74, 6) is -0.466. The number of carbonyl (C=O) groups excluding carboxylic acids is 1. The fourth-order valence-corrected chi connectivity index (χ4v) is 1.44. The lowest BCUT2D eigenvalue weighted by Crippen LogP contribution is -2.43. The number of hydrogen-bond donors (Lipinski definition) is 3. The molecule has 0 saturated carbocycles. The van der Waals surface area contributed by atoms with Gasteiger partial charge in [-0.05, 0) is 25.0 Å². The van der Waals surface area contributed by atoms with E-state index in [0.717, 1.165) is 0 Å². The Hall–Kier alpha value is -1.62. The number of H-pyrrole nitrogens is 1. The average molecular weight is 238 g/mol. The smallest absolute Gasteiger partial charge is 0.260 e. The van der Waals surface area contributed by atoms with Crippen molar-refractivity contribution in [3.63, 3.8) is 0 Å². The molecule has 0 aromatic carbocycles. The van der Waals surface area contributed by atoms with E-state index in [1.165, 1.54) is 12.3 Å². The maximum Gasteiger partial charge on any atom is 0.260 e. The SMILES string of the molecule is CCC(O)(CC)CNC(=O)c1ccc[nH]c1=O. The van der Waals surface area contributed by atoms with Gasteiger partial charge in [-0.25, -0.2) is 0 Å². The minimum absolute atomic E-state index is 0.0575. The number of nitrogens with one attached hydrogen (secondary N) is 2. The molecular weight excluding hydrogens is 220 g/mol. The molecule has 1 heterocycles. The van der Waals surface area contributed by atoms with Crippen LogP contribution in [0.4, 0.5) is 0 Å². The Morgan fingerprint density at radius 1 is 1.47 bits per heavy atom. The predicted molar refractivity (Wildman–Crippen MR) is 64.9 cm³/mol. The number of aliphatic hydroxyl groups is 1. The van der Waals surface area contributed by atoms with Crippen LogP contribution in [0.25, 0.3) is 0 Å². The van der Waals surface area contributed by atoms with Gasteiger partial charge in [-0.1, -0.05) is 13.8 Å². The van der Waals surface area contributed by atoms with Crippen molar-refractivity contribution in [1.82, 2.24) is 10.3 Å². The number of rotatable bonds is 5. The van der Waals surface area contributed by atoms with Crippen LogP contribution in [0.15, 0.2) is 23.1 Å². The van der Waals surface area contributed by atoms with E-state index in [9.17, 15) is 14.7 Å². The van der Waals surface area contributed by atoms with E-state index in [1.807, 2.05) is 13.8 Å². The molecule has 0 aliphatic heterocycles. The van der Waals surface area contributed by atoms with E-state index in [1.54, 1.807) is 6.07 Å². The predicted octanol–water partition coefficient (Wildman–Crippen LogP) is 0.656. The van der Waals surface area contributed by atoms with E-state index in [0.29, 0.717) is 12.8 Å². The zero-order valence-electron chi connectivity index (χ0n) is 10.1. The molecule has 17 heavy (non-hydrogen) atoms. The van der Waals surface area contributed by atoms with E-state index in [2.05, 4.69) is 10.3 Å². The first-order valence-electron chi connectivity index (χ1n) is 5.70. The number of amides is 1. The van der Waals surface area contributed by atoms with E-state index in [-0.39, 0.29) is 12.1 Å². The summed E-state index contributed by atoms with van der Waals surface area (Å²) in [5, 5.41) is 12.6. The van der Waals surface area contributed by atoms with Gasteiger partial charge in [0.1, 0.15) is 5.56 Å². The highest BCUT2D eigenvalue weighted by molar-refractivity contribution is 5.93. The monoisotopic (exact) mass is 238 g/mol. The van der Waals surface area contributed by atoms with Crippen molar-refractivity contribution in [2.75, 3.05) is 6.54 Å². The van der Waals surface area contributed by atoms with Crippen LogP contribution in [0.3, 0.4) is 0 Å². The molecular formula is C12H18N2O3. The lowest BCUT2D eigenvalue weighted by Gasteiger charge is -2.25. The minimum atomic E-state index is -0.906. The Balaban J connectivity index is 2.69. The fraction of sp³-hybridized carbons (Fsp3) is 0.500. The Morgan fingerprint density at radius 2 is 2.12 bits per heavy atom. The summed E-state index contributed by atoms with van der Waals surface area (Å²) in [7, 11) is 0. The third-order valence-electron chi connectivity index (χ3n) is 2.96. The van der Waals surface area contributed by atoms with Crippen molar-refractivity contribution < 1.29 is 9.90 Å². The van der Waals surface area contributed by atoms with Crippen molar-refractivity contribution in [2.45, 2.75) is 32.3 Å². The van der Waals surface area contributed by atoms with Gasteiger partial charge >= 0.3 is 0 Å². The highest BCUT2D eigenvalue weighted by atomic mass is 16.3. The molecule has 0 radical (unpaired) electrons. The second-order valence-corrected chi connectivity index (χ2v) is 4.03. The topological polar surface area (TPSA) is 82.2 Å². The van der Waals surface area contributed by atoms with Crippen LogP contribution in [0, 0.1) is 0 Å². The van der Waals surface area contributed by atoms with Gasteiger partial charge in [0.25, 0.3) is 11.5 Å². The van der Waals surface area contributed by atoms with Crippen LogP contribution in [0.1, 0.15) is 37.0 Å². The zero-order chi connectivity index (χ0) is 12.9. The van der Waals surface area contributed by atoms with Crippen LogP contribution in [0.2, 0.25) is 0 Å². The quantitative estimate of drug-likeness (QED) is 0.704. The standard InChI is InChI=1S/C12H18N2O3/c1-3-12(17,4-2)8-14-11(16)9-6-5-7-13-10(9)15/h5-7,17H,3-4,8H2,1-2H3,(H,13,15)(H,14,16). The van der Waals surface area contributed by atoms with Gasteiger partial charge in [-0.15, -0.1) is 0 Å². The Morgan fingerprint density at radius 3 is 2.65 bits per heavy atom. The molecule has 1 aromatic heterocycles. The normalized spacial score (nSPS) is 11.2. The lowest BCUT2D eigenvalue weighted by atomic mass is 9.97. The highest BCUT2D eigenvalue weighted by Gasteiger charge is 2.23. The van der Waals surface area contributed by atoms with E-state index >= 15 is 0 Å². The number of aromatic amines is 1. The van der Waals surface area contributed by atoms with Crippen molar-refractivity contribution in [1.29, 1.82) is 0 Å². The molecule has 0 saturated heterocycles. The summed E-state index contributed by atoms with van der Waals surface area (Å²) in [4.78, 5) is 25.5. The highest BCUT2D eigenvalue weighted by Crippen LogP contribution is 2.12. The first-order valence-corrected chi connectivity index (χ1v) is 5.70. The molecule has 5 nitrogen and oxygen atoms in total. The summed E-state index contributed by atoms with van der Waals surface area (Å²) >= 11 is 0. The number of hydrogen-bond acceptors (Lipinski definition) is 3. The van der Waals surface area contributed by atoms with Gasteiger partial charge in [0, 0.05) is 12.7 Å². The van der Waals surface area contributed by atoms with Crippen LogP contribution in [-0.2, 0) is 0 Å². The van der Waals surface area contributed by atoms with Gasteiger partial charge < -0.3 is 15.4 Å². The lowest BCUT2D eigenvalue weighted by molar-refractivity contribution is 0.0313. The fourth-order valence-electron chi connectivity index (χ4n) is 1.44. The van der Waals surface area contributed by atoms with Crippen molar-refractivity contribution in [2.24, 2.45) is 0 Å². The summed E-state index contributed by atoms with van der Waals surface area (Å²) in [6.07, 6.45) is 2.57.